The fourth-order valence-electron chi connectivity index (χ4n) is 3.80. The average Bonchev–Trinajstić information content (AvgIpc) is 2.66. The van der Waals surface area contributed by atoms with E-state index in [0.717, 1.165) is 17.2 Å². The third-order valence-electron chi connectivity index (χ3n) is 5.16. The number of carbonyl (C=O) groups is 1. The fourth-order valence-corrected chi connectivity index (χ4v) is 4.16. The Labute approximate surface area is 189 Å². The maximum Gasteiger partial charge on any atom is 0.305 e. The molecule has 0 bridgehead atoms. The molecule has 0 radical (unpaired) electrons. The van der Waals surface area contributed by atoms with E-state index in [4.69, 9.17) is 12.2 Å². The number of nitro benzene ring substituents is 1. The van der Waals surface area contributed by atoms with Crippen LogP contribution in [0.2, 0.25) is 0 Å². The molecular formula is C22H22F2N4O3S. The van der Waals surface area contributed by atoms with Crippen LogP contribution in [0.3, 0.4) is 0 Å². The maximum absolute atomic E-state index is 14.8. The van der Waals surface area contributed by atoms with E-state index in [1.54, 1.807) is 11.8 Å². The topological polar surface area (TPSA) is 78.7 Å². The first-order valence-electron chi connectivity index (χ1n) is 9.67. The molecule has 3 rings (SSSR count). The van der Waals surface area contributed by atoms with Gasteiger partial charge in [0.1, 0.15) is 5.82 Å². The highest BCUT2D eigenvalue weighted by Crippen LogP contribution is 2.37. The van der Waals surface area contributed by atoms with Crippen molar-refractivity contribution in [3.05, 3.63) is 80.0 Å². The first kappa shape index (κ1) is 23.3. The number of rotatable bonds is 4. The lowest BCUT2D eigenvalue weighted by Crippen LogP contribution is -2.49. The largest absolute Gasteiger partial charge is 0.351 e. The van der Waals surface area contributed by atoms with Gasteiger partial charge in [-0.3, -0.25) is 19.8 Å². The minimum atomic E-state index is -1.30. The van der Waals surface area contributed by atoms with E-state index in [0.29, 0.717) is 17.5 Å². The molecule has 0 spiro atoms. The minimum Gasteiger partial charge on any atom is -0.351 e. The van der Waals surface area contributed by atoms with E-state index < -0.39 is 34.2 Å². The van der Waals surface area contributed by atoms with Gasteiger partial charge in [0.2, 0.25) is 5.82 Å². The van der Waals surface area contributed by atoms with Crippen molar-refractivity contribution in [1.82, 2.24) is 10.2 Å². The molecule has 0 saturated heterocycles. The third kappa shape index (κ3) is 4.18. The van der Waals surface area contributed by atoms with E-state index in [1.807, 2.05) is 32.0 Å². The molecule has 0 aromatic heterocycles. The lowest BCUT2D eigenvalue weighted by Gasteiger charge is -2.38. The van der Waals surface area contributed by atoms with Crippen molar-refractivity contribution in [1.29, 1.82) is 0 Å². The van der Waals surface area contributed by atoms with E-state index in [1.165, 1.54) is 19.0 Å². The van der Waals surface area contributed by atoms with Crippen LogP contribution < -0.4 is 10.2 Å². The number of hydrogen-bond acceptors (Lipinski definition) is 4. The highest BCUT2D eigenvalue weighted by atomic mass is 32.1. The molecule has 0 saturated carbocycles. The molecule has 2 aromatic carbocycles. The second-order valence-corrected chi connectivity index (χ2v) is 8.23. The lowest BCUT2D eigenvalue weighted by molar-refractivity contribution is -0.387. The summed E-state index contributed by atoms with van der Waals surface area (Å²) < 4.78 is 28.7. The zero-order valence-corrected chi connectivity index (χ0v) is 19.0. The Kier molecular flexibility index (Phi) is 6.27. The van der Waals surface area contributed by atoms with E-state index in [9.17, 15) is 23.7 Å². The van der Waals surface area contributed by atoms with Gasteiger partial charge in [0, 0.05) is 43.2 Å². The van der Waals surface area contributed by atoms with Gasteiger partial charge >= 0.3 is 5.69 Å². The lowest BCUT2D eigenvalue weighted by atomic mass is 9.92. The summed E-state index contributed by atoms with van der Waals surface area (Å²) >= 11 is 5.53. The zero-order chi connectivity index (χ0) is 23.9. The van der Waals surface area contributed by atoms with Gasteiger partial charge in [0.25, 0.3) is 5.91 Å². The molecule has 1 N–H and O–H groups in total. The zero-order valence-electron chi connectivity index (χ0n) is 18.2. The molecule has 10 heteroatoms. The number of benzene rings is 2. The number of thiocarbonyl (C=S) groups is 1. The Morgan fingerprint density at radius 1 is 1.09 bits per heavy atom. The SMILES string of the molecule is CC1=C(C(=O)N(C)C)C(c2cc([N+](=O)[O-])c(F)cc2F)NC(=S)N1c1cc(C)cc(C)c1. The summed E-state index contributed by atoms with van der Waals surface area (Å²) in [6, 6.07) is 5.89. The normalized spacial score (nSPS) is 16.2. The van der Waals surface area contributed by atoms with Gasteiger partial charge in [-0.15, -0.1) is 0 Å². The summed E-state index contributed by atoms with van der Waals surface area (Å²) in [5.74, 6) is -2.76. The first-order chi connectivity index (χ1) is 14.9. The van der Waals surface area contributed by atoms with Crippen molar-refractivity contribution in [2.45, 2.75) is 26.8 Å². The molecule has 1 heterocycles. The summed E-state index contributed by atoms with van der Waals surface area (Å²) in [6.45, 7) is 5.53. The molecule has 1 amide bonds. The number of nitro groups is 1. The van der Waals surface area contributed by atoms with Gasteiger partial charge in [-0.05, 0) is 56.2 Å². The number of nitrogens with one attached hydrogen (secondary N) is 1. The van der Waals surface area contributed by atoms with Crippen molar-refractivity contribution >= 4 is 34.6 Å². The van der Waals surface area contributed by atoms with Crippen molar-refractivity contribution < 1.29 is 18.5 Å². The number of likely N-dealkylation sites (N-methyl/N-ethyl adjacent to an activating group) is 1. The Hall–Kier alpha value is -3.40. The Morgan fingerprint density at radius 3 is 2.22 bits per heavy atom. The van der Waals surface area contributed by atoms with Gasteiger partial charge < -0.3 is 10.2 Å². The molecule has 1 aliphatic heterocycles. The molecule has 32 heavy (non-hydrogen) atoms. The molecule has 7 nitrogen and oxygen atoms in total. The van der Waals surface area contributed by atoms with Gasteiger partial charge in [-0.25, -0.2) is 4.39 Å². The number of amides is 1. The summed E-state index contributed by atoms with van der Waals surface area (Å²) in [7, 11) is 3.08. The third-order valence-corrected chi connectivity index (χ3v) is 5.46. The van der Waals surface area contributed by atoms with E-state index in [-0.39, 0.29) is 16.2 Å². The number of hydrogen-bond donors (Lipinski definition) is 1. The molecule has 0 fully saturated rings. The van der Waals surface area contributed by atoms with Gasteiger partial charge in [0.15, 0.2) is 5.11 Å². The van der Waals surface area contributed by atoms with Crippen LogP contribution in [-0.4, -0.2) is 34.9 Å². The minimum absolute atomic E-state index is 0.141. The van der Waals surface area contributed by atoms with Crippen LogP contribution >= 0.6 is 12.2 Å². The van der Waals surface area contributed by atoms with Gasteiger partial charge in [-0.1, -0.05) is 6.07 Å². The molecular weight excluding hydrogens is 438 g/mol. The molecule has 168 valence electrons. The Morgan fingerprint density at radius 2 is 1.69 bits per heavy atom. The Balaban J connectivity index is 2.26. The van der Waals surface area contributed by atoms with Crippen molar-refractivity contribution in [3.8, 4) is 0 Å². The highest BCUT2D eigenvalue weighted by molar-refractivity contribution is 7.80. The predicted octanol–water partition coefficient (Wildman–Crippen LogP) is 4.29. The summed E-state index contributed by atoms with van der Waals surface area (Å²) in [6.07, 6.45) is 0. The molecule has 2 aromatic rings. The van der Waals surface area contributed by atoms with Gasteiger partial charge in [-0.2, -0.15) is 4.39 Å². The molecule has 0 aliphatic carbocycles. The summed E-state index contributed by atoms with van der Waals surface area (Å²) in [4.78, 5) is 26.4. The number of nitrogens with zero attached hydrogens (tertiary/aromatic N) is 3. The Bertz CT molecular complexity index is 1160. The average molecular weight is 461 g/mol. The van der Waals surface area contributed by atoms with Crippen LogP contribution in [0.1, 0.15) is 29.7 Å². The fraction of sp³-hybridized carbons (Fsp3) is 0.273. The first-order valence-corrected chi connectivity index (χ1v) is 10.1. The second-order valence-electron chi connectivity index (χ2n) is 7.84. The van der Waals surface area contributed by atoms with Crippen LogP contribution in [0.25, 0.3) is 0 Å². The quantitative estimate of drug-likeness (QED) is 0.417. The van der Waals surface area contributed by atoms with Crippen LogP contribution in [0.15, 0.2) is 41.6 Å². The van der Waals surface area contributed by atoms with Crippen LogP contribution in [0.4, 0.5) is 20.2 Å². The number of halogens is 2. The number of aryl methyl sites for hydroxylation is 2. The van der Waals surface area contributed by atoms with Crippen molar-refractivity contribution in [2.75, 3.05) is 19.0 Å². The van der Waals surface area contributed by atoms with Crippen molar-refractivity contribution in [3.63, 3.8) is 0 Å². The molecule has 1 atom stereocenters. The second kappa shape index (κ2) is 8.62. The molecule has 1 unspecified atom stereocenters. The standard InChI is InChI=1S/C22H22F2N4O3S/c1-11-6-12(2)8-14(7-11)27-13(3)19(21(29)26(4)5)20(25-22(27)32)15-9-18(28(30)31)17(24)10-16(15)23/h6-10,20H,1-5H3,(H,25,32). The van der Waals surface area contributed by atoms with Gasteiger partial charge in [0.05, 0.1) is 16.5 Å². The van der Waals surface area contributed by atoms with Crippen LogP contribution in [0, 0.1) is 35.6 Å². The summed E-state index contributed by atoms with van der Waals surface area (Å²) in [5, 5.41) is 14.3. The van der Waals surface area contributed by atoms with Crippen LogP contribution in [-0.2, 0) is 4.79 Å². The summed E-state index contributed by atoms with van der Waals surface area (Å²) in [5.41, 5.74) is 2.13. The number of anilines is 1. The van der Waals surface area contributed by atoms with E-state index in [2.05, 4.69) is 5.32 Å². The number of allylic oxidation sites excluding steroid dienone is 1. The highest BCUT2D eigenvalue weighted by Gasteiger charge is 2.37. The van der Waals surface area contributed by atoms with Crippen LogP contribution in [0.5, 0.6) is 0 Å². The predicted molar refractivity (Wildman–Crippen MR) is 121 cm³/mol. The monoisotopic (exact) mass is 460 g/mol. The molecule has 1 aliphatic rings. The van der Waals surface area contributed by atoms with E-state index >= 15 is 0 Å². The number of carbonyl (C=O) groups excluding carboxylic acids is 1. The van der Waals surface area contributed by atoms with Crippen molar-refractivity contribution in [2.24, 2.45) is 0 Å². The maximum atomic E-state index is 14.8. The smallest absolute Gasteiger partial charge is 0.305 e.